The maximum Gasteiger partial charge on any atom is 0.173 e. The summed E-state index contributed by atoms with van der Waals surface area (Å²) in [5.41, 5.74) is 4.88. The Morgan fingerprint density at radius 3 is 1.38 bits per heavy atom. The molecule has 2 aromatic carbocycles. The third-order valence-corrected chi connectivity index (χ3v) is 5.52. The fourth-order valence-corrected chi connectivity index (χ4v) is 4.15. The minimum atomic E-state index is -0.202. The third-order valence-electron chi connectivity index (χ3n) is 5.52. The van der Waals surface area contributed by atoms with Crippen LogP contribution in [-0.4, -0.2) is 20.4 Å². The molecule has 4 nitrogen and oxygen atoms in total. The summed E-state index contributed by atoms with van der Waals surface area (Å²) in [6.45, 7) is 0. The maximum atomic E-state index is 10.3. The summed E-state index contributed by atoms with van der Waals surface area (Å²) in [5.74, 6) is 5.26. The number of benzene rings is 2. The molecule has 0 atom stereocenters. The Hall–Kier alpha value is -2.80. The molecule has 0 fully saturated rings. The van der Waals surface area contributed by atoms with Gasteiger partial charge in [-0.25, -0.2) is 0 Å². The van der Waals surface area contributed by atoms with E-state index in [0.29, 0.717) is 11.1 Å². The van der Waals surface area contributed by atoms with Crippen molar-refractivity contribution < 1.29 is 20.4 Å². The average molecular weight is 350 g/mol. The van der Waals surface area contributed by atoms with Crippen molar-refractivity contribution in [1.29, 1.82) is 0 Å². The van der Waals surface area contributed by atoms with Gasteiger partial charge in [0, 0.05) is 0 Å². The number of hydrogen-bond acceptors (Lipinski definition) is 4. The Morgan fingerprint density at radius 1 is 0.577 bits per heavy atom. The second-order valence-corrected chi connectivity index (χ2v) is 7.18. The minimum Gasteiger partial charge on any atom is -0.504 e. The maximum absolute atomic E-state index is 10.3. The molecular formula is C22H22O4. The molecule has 134 valence electrons. The Morgan fingerprint density at radius 2 is 0.962 bits per heavy atom. The quantitative estimate of drug-likeness (QED) is 0.432. The highest BCUT2D eigenvalue weighted by Crippen LogP contribution is 2.39. The molecule has 0 unspecified atom stereocenters. The Bertz CT molecular complexity index is 872. The highest BCUT2D eigenvalue weighted by atomic mass is 16.3. The monoisotopic (exact) mass is 350 g/mol. The van der Waals surface area contributed by atoms with E-state index in [1.807, 2.05) is 0 Å². The predicted octanol–water partition coefficient (Wildman–Crippen LogP) is 3.67. The van der Waals surface area contributed by atoms with Gasteiger partial charge in [-0.15, -0.1) is 0 Å². The van der Waals surface area contributed by atoms with Gasteiger partial charge in [0.1, 0.15) is 0 Å². The van der Waals surface area contributed by atoms with Crippen molar-refractivity contribution in [3.63, 3.8) is 0 Å². The highest BCUT2D eigenvalue weighted by Gasteiger charge is 2.21. The summed E-state index contributed by atoms with van der Waals surface area (Å²) in [6, 6.07) is 3.26. The van der Waals surface area contributed by atoms with Crippen LogP contribution in [0.5, 0.6) is 23.0 Å². The number of fused-ring (bicyclic) bond motifs is 2. The minimum absolute atomic E-state index is 0.155. The second-order valence-electron chi connectivity index (χ2n) is 7.18. The highest BCUT2D eigenvalue weighted by molar-refractivity contribution is 5.65. The Balaban J connectivity index is 1.88. The van der Waals surface area contributed by atoms with E-state index in [1.165, 1.54) is 0 Å². The van der Waals surface area contributed by atoms with Crippen molar-refractivity contribution >= 4 is 0 Å². The first-order valence-electron chi connectivity index (χ1n) is 9.21. The largest absolute Gasteiger partial charge is 0.504 e. The van der Waals surface area contributed by atoms with Crippen LogP contribution in [0.1, 0.15) is 59.1 Å². The van der Waals surface area contributed by atoms with Gasteiger partial charge >= 0.3 is 0 Å². The van der Waals surface area contributed by atoms with Gasteiger partial charge in [-0.3, -0.25) is 0 Å². The van der Waals surface area contributed by atoms with E-state index in [-0.39, 0.29) is 23.0 Å². The smallest absolute Gasteiger partial charge is 0.173 e. The van der Waals surface area contributed by atoms with Crippen molar-refractivity contribution in [2.24, 2.45) is 0 Å². The van der Waals surface area contributed by atoms with Crippen LogP contribution in [0.25, 0.3) is 0 Å². The molecule has 0 spiro atoms. The Labute approximate surface area is 152 Å². The summed E-state index contributed by atoms with van der Waals surface area (Å²) in [6.07, 6.45) is 7.54. The van der Waals surface area contributed by atoms with Crippen LogP contribution in [0.4, 0.5) is 0 Å². The van der Waals surface area contributed by atoms with Crippen molar-refractivity contribution in [3.8, 4) is 34.8 Å². The van der Waals surface area contributed by atoms with Gasteiger partial charge < -0.3 is 20.4 Å². The third kappa shape index (κ3) is 2.74. The average Bonchev–Trinajstić information content (AvgIpc) is 2.65. The molecule has 4 heteroatoms. The fraction of sp³-hybridized carbons (Fsp3) is 0.364. The first-order valence-corrected chi connectivity index (χ1v) is 9.21. The first kappa shape index (κ1) is 16.7. The molecule has 0 aliphatic heterocycles. The molecule has 0 saturated heterocycles. The van der Waals surface area contributed by atoms with E-state index in [1.54, 1.807) is 12.1 Å². The first-order chi connectivity index (χ1) is 12.6. The van der Waals surface area contributed by atoms with E-state index in [2.05, 4.69) is 11.8 Å². The number of aromatic hydroxyl groups is 4. The number of phenolic OH excluding ortho intramolecular Hbond substituents is 4. The van der Waals surface area contributed by atoms with E-state index in [4.69, 9.17) is 0 Å². The van der Waals surface area contributed by atoms with Gasteiger partial charge in [-0.05, 0) is 85.8 Å². The molecular weight excluding hydrogens is 328 g/mol. The van der Waals surface area contributed by atoms with Crippen LogP contribution in [0.15, 0.2) is 12.1 Å². The van der Waals surface area contributed by atoms with Crippen LogP contribution in [0, 0.1) is 11.8 Å². The van der Waals surface area contributed by atoms with Gasteiger partial charge in [0.2, 0.25) is 0 Å². The van der Waals surface area contributed by atoms with Gasteiger partial charge in [0.05, 0.1) is 11.1 Å². The molecule has 0 radical (unpaired) electrons. The fourth-order valence-electron chi connectivity index (χ4n) is 4.15. The Kier molecular flexibility index (Phi) is 4.16. The van der Waals surface area contributed by atoms with Crippen molar-refractivity contribution in [3.05, 3.63) is 45.5 Å². The molecule has 26 heavy (non-hydrogen) atoms. The molecule has 0 bridgehead atoms. The van der Waals surface area contributed by atoms with Gasteiger partial charge in [0.25, 0.3) is 0 Å². The summed E-state index contributed by atoms with van der Waals surface area (Å²) >= 11 is 0. The van der Waals surface area contributed by atoms with E-state index < -0.39 is 0 Å². The molecule has 4 rings (SSSR count). The zero-order valence-corrected chi connectivity index (χ0v) is 14.6. The predicted molar refractivity (Wildman–Crippen MR) is 98.8 cm³/mol. The van der Waals surface area contributed by atoms with Crippen LogP contribution >= 0.6 is 0 Å². The van der Waals surface area contributed by atoms with Crippen molar-refractivity contribution in [2.75, 3.05) is 0 Å². The van der Waals surface area contributed by atoms with Crippen LogP contribution in [-0.2, 0) is 25.7 Å². The molecule has 0 amide bonds. The van der Waals surface area contributed by atoms with Crippen LogP contribution in [0.2, 0.25) is 0 Å². The van der Waals surface area contributed by atoms with E-state index in [9.17, 15) is 20.4 Å². The number of phenols is 4. The molecule has 4 N–H and O–H groups in total. The summed E-state index contributed by atoms with van der Waals surface area (Å²) in [4.78, 5) is 0. The lowest BCUT2D eigenvalue weighted by Gasteiger charge is -2.19. The van der Waals surface area contributed by atoms with Crippen LogP contribution in [0.3, 0.4) is 0 Å². The lowest BCUT2D eigenvalue weighted by atomic mass is 9.86. The van der Waals surface area contributed by atoms with E-state index >= 15 is 0 Å². The summed E-state index contributed by atoms with van der Waals surface area (Å²) in [5, 5.41) is 40.7. The summed E-state index contributed by atoms with van der Waals surface area (Å²) in [7, 11) is 0. The van der Waals surface area contributed by atoms with E-state index in [0.717, 1.165) is 73.6 Å². The number of rotatable bonds is 0. The second kappa shape index (κ2) is 6.49. The van der Waals surface area contributed by atoms with Crippen molar-refractivity contribution in [2.45, 2.75) is 51.4 Å². The van der Waals surface area contributed by atoms with Crippen molar-refractivity contribution in [1.82, 2.24) is 0 Å². The van der Waals surface area contributed by atoms with Gasteiger partial charge in [0.15, 0.2) is 23.0 Å². The zero-order chi connectivity index (χ0) is 18.3. The number of hydrogen-bond donors (Lipinski definition) is 4. The van der Waals surface area contributed by atoms with Crippen LogP contribution < -0.4 is 0 Å². The SMILES string of the molecule is Oc1cc2c(c(C#Cc3c(O)c(O)cc4c3CCCC4)c1O)CCCC2. The normalized spacial score (nSPS) is 15.5. The topological polar surface area (TPSA) is 80.9 Å². The standard InChI is InChI=1S/C22H22O4/c23-19-11-13-5-1-3-7-15(13)17(21(19)25)9-10-18-16-8-4-2-6-14(16)12-20(24)22(18)26/h11-12,23-26H,1-8H2. The molecule has 2 aliphatic carbocycles. The van der Waals surface area contributed by atoms with Gasteiger partial charge in [-0.2, -0.15) is 0 Å². The molecule has 0 heterocycles. The molecule has 2 aliphatic rings. The molecule has 0 saturated carbocycles. The lowest BCUT2D eigenvalue weighted by molar-refractivity contribution is 0.400. The number of aryl methyl sites for hydroxylation is 2. The van der Waals surface area contributed by atoms with Gasteiger partial charge in [-0.1, -0.05) is 11.8 Å². The molecule has 2 aromatic rings. The molecule has 0 aromatic heterocycles. The lowest BCUT2D eigenvalue weighted by Crippen LogP contribution is -2.06. The summed E-state index contributed by atoms with van der Waals surface area (Å²) < 4.78 is 0. The zero-order valence-electron chi connectivity index (χ0n) is 14.6.